The van der Waals surface area contributed by atoms with E-state index in [1.165, 1.54) is 55.0 Å². The van der Waals surface area contributed by atoms with Gasteiger partial charge in [-0.3, -0.25) is 19.8 Å². The van der Waals surface area contributed by atoms with E-state index >= 15 is 0 Å². The number of nitrogens with one attached hydrogen (secondary N) is 1. The number of anilines is 1. The van der Waals surface area contributed by atoms with E-state index in [2.05, 4.69) is 20.2 Å². The van der Waals surface area contributed by atoms with E-state index in [-0.39, 0.29) is 40.3 Å². The lowest BCUT2D eigenvalue weighted by atomic mass is 9.95. The molecule has 0 spiro atoms. The Hall–Kier alpha value is -5.25. The van der Waals surface area contributed by atoms with Gasteiger partial charge in [0.2, 0.25) is 0 Å². The van der Waals surface area contributed by atoms with Gasteiger partial charge in [0.05, 0.1) is 41.9 Å². The number of amides is 2. The van der Waals surface area contributed by atoms with Crippen molar-refractivity contribution in [2.75, 3.05) is 44.7 Å². The predicted octanol–water partition coefficient (Wildman–Crippen LogP) is 4.98. The van der Waals surface area contributed by atoms with Crippen LogP contribution < -0.4 is 10.2 Å². The number of nitrogens with zero attached hydrogens (tertiary/aromatic N) is 6. The predicted molar refractivity (Wildman–Crippen MR) is 181 cm³/mol. The van der Waals surface area contributed by atoms with Crippen LogP contribution in [0.3, 0.4) is 0 Å². The van der Waals surface area contributed by atoms with Crippen LogP contribution in [0.1, 0.15) is 27.0 Å². The van der Waals surface area contributed by atoms with Crippen LogP contribution in [-0.4, -0.2) is 94.6 Å². The van der Waals surface area contributed by atoms with Gasteiger partial charge in [-0.05, 0) is 42.5 Å². The molecular weight excluding hydrogens is 692 g/mol. The monoisotopic (exact) mass is 719 g/mol. The quantitative estimate of drug-likeness (QED) is 0.241. The zero-order chi connectivity index (χ0) is 35.1. The molecule has 4 aromatic rings. The molecule has 12 nitrogen and oxygen atoms in total. The van der Waals surface area contributed by atoms with Gasteiger partial charge < -0.3 is 20.1 Å². The van der Waals surface area contributed by atoms with Gasteiger partial charge in [-0.25, -0.2) is 28.1 Å². The molecule has 2 aromatic carbocycles. The second-order valence-electron chi connectivity index (χ2n) is 11.8. The summed E-state index contributed by atoms with van der Waals surface area (Å²) in [5.74, 6) is -2.65. The van der Waals surface area contributed by atoms with Crippen molar-refractivity contribution < 1.29 is 33.0 Å². The Bertz CT molecular complexity index is 2060. The molecular formula is C34H28ClF2N7O5S. The number of thiazole rings is 1. The molecule has 5 heterocycles. The van der Waals surface area contributed by atoms with Gasteiger partial charge in [0.25, 0.3) is 0 Å². The summed E-state index contributed by atoms with van der Waals surface area (Å²) in [6.07, 6.45) is 3.14. The van der Waals surface area contributed by atoms with Gasteiger partial charge in [-0.15, -0.1) is 11.3 Å². The zero-order valence-corrected chi connectivity index (χ0v) is 27.9. The number of methoxy groups -OCH3 is 1. The molecule has 2 saturated heterocycles. The number of carboxylic acids is 1. The summed E-state index contributed by atoms with van der Waals surface area (Å²) >= 11 is 7.84. The maximum atomic E-state index is 14.6. The van der Waals surface area contributed by atoms with Crippen molar-refractivity contribution in [1.29, 1.82) is 0 Å². The third-order valence-corrected chi connectivity index (χ3v) is 9.90. The van der Waals surface area contributed by atoms with E-state index in [4.69, 9.17) is 26.4 Å². The van der Waals surface area contributed by atoms with Gasteiger partial charge in [-0.2, -0.15) is 0 Å². The fraction of sp³-hybridized carbons (Fsp3) is 0.235. The molecule has 50 heavy (non-hydrogen) atoms. The Labute approximate surface area is 293 Å². The molecule has 16 heteroatoms. The van der Waals surface area contributed by atoms with E-state index in [0.717, 1.165) is 6.07 Å². The molecule has 0 radical (unpaired) electrons. The lowest BCUT2D eigenvalue weighted by molar-refractivity contribution is -0.136. The van der Waals surface area contributed by atoms with E-state index in [1.807, 2.05) is 0 Å². The van der Waals surface area contributed by atoms with Crippen molar-refractivity contribution in [2.45, 2.75) is 12.1 Å². The van der Waals surface area contributed by atoms with Crippen molar-refractivity contribution in [2.24, 2.45) is 4.99 Å². The minimum atomic E-state index is -1.23. The average molecular weight is 720 g/mol. The number of esters is 1. The maximum absolute atomic E-state index is 14.6. The Kier molecular flexibility index (Phi) is 9.03. The molecule has 2 aromatic heterocycles. The summed E-state index contributed by atoms with van der Waals surface area (Å²) in [6.45, 7) is 2.07. The number of aromatic nitrogens is 2. The first-order chi connectivity index (χ1) is 24.1. The second kappa shape index (κ2) is 13.6. The third-order valence-electron chi connectivity index (χ3n) is 8.79. The summed E-state index contributed by atoms with van der Waals surface area (Å²) in [4.78, 5) is 57.1. The van der Waals surface area contributed by atoms with Gasteiger partial charge >= 0.3 is 18.0 Å². The van der Waals surface area contributed by atoms with Crippen LogP contribution in [0.5, 0.6) is 0 Å². The Balaban J connectivity index is 1.12. The average Bonchev–Trinajstić information content (AvgIpc) is 3.76. The first-order valence-corrected chi connectivity index (χ1v) is 16.7. The number of hydrogen-bond donors (Lipinski definition) is 2. The minimum Gasteiger partial charge on any atom is -0.478 e. The number of piperazine rings is 1. The number of carbonyl (C=O) groups is 3. The van der Waals surface area contributed by atoms with E-state index < -0.39 is 29.6 Å². The SMILES string of the molecule is COC(=O)C1=C(CN2CCN3C(=O)N(c4ccc(-c5ccc(C(=O)O)cc5F)nc4)CC3C2)NC(c2nccs2)=NC1c1ccc(F)cc1Cl. The topological polar surface area (TPSA) is 141 Å². The summed E-state index contributed by atoms with van der Waals surface area (Å²) < 4.78 is 33.8. The third kappa shape index (κ3) is 6.30. The molecule has 0 saturated carbocycles. The largest absolute Gasteiger partial charge is 0.478 e. The van der Waals surface area contributed by atoms with Crippen LogP contribution in [0, 0.1) is 11.6 Å². The molecule has 2 atom stereocenters. The molecule has 3 aliphatic heterocycles. The number of rotatable bonds is 8. The van der Waals surface area contributed by atoms with Crippen LogP contribution in [0.15, 0.2) is 82.6 Å². The number of aliphatic imine (C=N–C) groups is 1. The summed E-state index contributed by atoms with van der Waals surface area (Å²) in [7, 11) is 1.28. The number of fused-ring (bicyclic) bond motifs is 1. The number of urea groups is 1. The molecule has 2 N–H and O–H groups in total. The number of halogens is 3. The highest BCUT2D eigenvalue weighted by Gasteiger charge is 2.42. The molecule has 3 aliphatic rings. The number of hydrogen-bond acceptors (Lipinski definition) is 10. The van der Waals surface area contributed by atoms with Gasteiger partial charge in [-0.1, -0.05) is 17.7 Å². The zero-order valence-electron chi connectivity index (χ0n) is 26.3. The lowest BCUT2D eigenvalue weighted by Crippen LogP contribution is -2.53. The Morgan fingerprint density at radius 1 is 1.10 bits per heavy atom. The molecule has 0 aliphatic carbocycles. The fourth-order valence-electron chi connectivity index (χ4n) is 6.38. The highest BCUT2D eigenvalue weighted by atomic mass is 35.5. The summed E-state index contributed by atoms with van der Waals surface area (Å²) in [5, 5.41) is 14.9. The number of pyridine rings is 1. The Morgan fingerprint density at radius 2 is 1.94 bits per heavy atom. The molecule has 2 unspecified atom stereocenters. The fourth-order valence-corrected chi connectivity index (χ4v) is 7.24. The van der Waals surface area contributed by atoms with Crippen molar-refractivity contribution in [3.63, 3.8) is 0 Å². The highest BCUT2D eigenvalue weighted by molar-refractivity contribution is 7.11. The van der Waals surface area contributed by atoms with E-state index in [0.29, 0.717) is 59.7 Å². The number of carbonyl (C=O) groups excluding carboxylic acids is 2. The first-order valence-electron chi connectivity index (χ1n) is 15.4. The summed E-state index contributed by atoms with van der Waals surface area (Å²) in [6, 6.07) is 9.56. The smallest absolute Gasteiger partial charge is 0.338 e. The number of aromatic carboxylic acids is 1. The summed E-state index contributed by atoms with van der Waals surface area (Å²) in [5.41, 5.74) is 2.01. The van der Waals surface area contributed by atoms with Crippen LogP contribution in [0.4, 0.5) is 19.3 Å². The van der Waals surface area contributed by atoms with Crippen molar-refractivity contribution in [3.05, 3.63) is 110 Å². The first kappa shape index (κ1) is 33.3. The molecule has 2 amide bonds. The number of amidine groups is 1. The van der Waals surface area contributed by atoms with Crippen LogP contribution >= 0.6 is 22.9 Å². The van der Waals surface area contributed by atoms with Crippen LogP contribution in [0.2, 0.25) is 5.02 Å². The van der Waals surface area contributed by atoms with E-state index in [9.17, 15) is 23.2 Å². The number of carboxylic acid groups (broad SMARTS) is 1. The Morgan fingerprint density at radius 3 is 2.62 bits per heavy atom. The maximum Gasteiger partial charge on any atom is 0.338 e. The number of benzene rings is 2. The standard InChI is InChI=1S/C34H28ClF2N7O5S/c1-49-33(47)28-27(40-30(31-38-8-11-50-31)41-29(28)22-6-3-19(36)13-24(22)35)17-42-9-10-43-21(15-42)16-44(34(43)48)20-4-7-26(39-14-20)23-5-2-18(32(45)46)12-25(23)37/h2-8,11-14,21,29H,9-10,15-17H2,1H3,(H,40,41)(H,45,46). The second-order valence-corrected chi connectivity index (χ2v) is 13.1. The number of ether oxygens (including phenoxy) is 1. The highest BCUT2D eigenvalue weighted by Crippen LogP contribution is 2.37. The minimum absolute atomic E-state index is 0.113. The van der Waals surface area contributed by atoms with E-state index in [1.54, 1.807) is 33.5 Å². The van der Waals surface area contributed by atoms with Gasteiger partial charge in [0, 0.05) is 66.1 Å². The molecule has 0 bridgehead atoms. The van der Waals surface area contributed by atoms with Crippen LogP contribution in [0.25, 0.3) is 11.3 Å². The normalized spacial score (nSPS) is 19.3. The lowest BCUT2D eigenvalue weighted by Gasteiger charge is -2.38. The molecule has 2 fully saturated rings. The van der Waals surface area contributed by atoms with Gasteiger partial charge in [0.1, 0.15) is 17.7 Å². The molecule has 256 valence electrons. The van der Waals surface area contributed by atoms with Crippen molar-refractivity contribution in [1.82, 2.24) is 25.1 Å². The van der Waals surface area contributed by atoms with Crippen molar-refractivity contribution in [3.8, 4) is 11.3 Å². The van der Waals surface area contributed by atoms with Crippen molar-refractivity contribution >= 4 is 52.4 Å². The molecule has 7 rings (SSSR count). The van der Waals surface area contributed by atoms with Crippen LogP contribution in [-0.2, 0) is 9.53 Å². The van der Waals surface area contributed by atoms with Gasteiger partial charge in [0.15, 0.2) is 10.8 Å².